The highest BCUT2D eigenvalue weighted by molar-refractivity contribution is 5.94. The standard InChI is InChI=1S/C17H22N6O2/c24-16(15-12-25-8-7-22(15)10-13-3-1-4-13)21-14-9-20-23(11-14)17-18-5-2-6-19-17/h2,5-6,9,11,13,15H,1,3-4,7-8,10,12H2,(H,21,24). The number of carbonyl (C=O) groups is 1. The summed E-state index contributed by atoms with van der Waals surface area (Å²) in [4.78, 5) is 23.2. The zero-order valence-corrected chi connectivity index (χ0v) is 14.0. The molecule has 8 heteroatoms. The van der Waals surface area contributed by atoms with Crippen LogP contribution >= 0.6 is 0 Å². The Morgan fingerprint density at radius 2 is 2.16 bits per heavy atom. The van der Waals surface area contributed by atoms with Gasteiger partial charge in [0.2, 0.25) is 11.9 Å². The lowest BCUT2D eigenvalue weighted by atomic mass is 9.84. The summed E-state index contributed by atoms with van der Waals surface area (Å²) in [7, 11) is 0. The number of aromatic nitrogens is 4. The minimum atomic E-state index is -0.245. The van der Waals surface area contributed by atoms with E-state index in [1.54, 1.807) is 35.5 Å². The molecule has 2 aliphatic rings. The molecule has 1 aliphatic carbocycles. The van der Waals surface area contributed by atoms with Gasteiger partial charge in [0.25, 0.3) is 0 Å². The summed E-state index contributed by atoms with van der Waals surface area (Å²) < 4.78 is 7.08. The number of hydrogen-bond acceptors (Lipinski definition) is 6. The molecular formula is C17H22N6O2. The Bertz CT molecular complexity index is 715. The number of morpholine rings is 1. The van der Waals surface area contributed by atoms with Crippen LogP contribution in [-0.4, -0.2) is 62.9 Å². The van der Waals surface area contributed by atoms with E-state index < -0.39 is 0 Å². The number of rotatable bonds is 5. The molecule has 1 N–H and O–H groups in total. The molecule has 0 spiro atoms. The van der Waals surface area contributed by atoms with Crippen LogP contribution < -0.4 is 5.32 Å². The summed E-state index contributed by atoms with van der Waals surface area (Å²) in [6.45, 7) is 2.93. The Morgan fingerprint density at radius 3 is 2.92 bits per heavy atom. The third-order valence-electron chi connectivity index (χ3n) is 4.87. The first kappa shape index (κ1) is 16.2. The molecule has 0 bridgehead atoms. The fourth-order valence-corrected chi connectivity index (χ4v) is 3.24. The molecule has 8 nitrogen and oxygen atoms in total. The number of amides is 1. The van der Waals surface area contributed by atoms with E-state index in [1.807, 2.05) is 0 Å². The number of anilines is 1. The van der Waals surface area contributed by atoms with Crippen molar-refractivity contribution in [2.75, 3.05) is 31.6 Å². The first-order valence-electron chi connectivity index (χ1n) is 8.74. The summed E-state index contributed by atoms with van der Waals surface area (Å²) >= 11 is 0. The maximum Gasteiger partial charge on any atom is 0.250 e. The summed E-state index contributed by atoms with van der Waals surface area (Å²) in [5.74, 6) is 1.15. The fraction of sp³-hybridized carbons (Fsp3) is 0.529. The van der Waals surface area contributed by atoms with Gasteiger partial charge in [0.05, 0.1) is 31.3 Å². The van der Waals surface area contributed by atoms with Crippen molar-refractivity contribution in [1.82, 2.24) is 24.6 Å². The van der Waals surface area contributed by atoms with Crippen molar-refractivity contribution in [2.24, 2.45) is 5.92 Å². The Labute approximate surface area is 146 Å². The highest BCUT2D eigenvalue weighted by Crippen LogP contribution is 2.28. The van der Waals surface area contributed by atoms with E-state index in [9.17, 15) is 4.79 Å². The van der Waals surface area contributed by atoms with Gasteiger partial charge < -0.3 is 10.1 Å². The van der Waals surface area contributed by atoms with Crippen molar-refractivity contribution >= 4 is 11.6 Å². The van der Waals surface area contributed by atoms with E-state index in [-0.39, 0.29) is 11.9 Å². The summed E-state index contributed by atoms with van der Waals surface area (Å²) in [5.41, 5.74) is 0.631. The van der Waals surface area contributed by atoms with Gasteiger partial charge in [-0.3, -0.25) is 9.69 Å². The van der Waals surface area contributed by atoms with Gasteiger partial charge in [0.15, 0.2) is 0 Å². The SMILES string of the molecule is O=C(Nc1cnn(-c2ncccn2)c1)C1COCCN1CC1CCC1. The molecule has 4 rings (SSSR count). The molecule has 1 aliphatic heterocycles. The van der Waals surface area contributed by atoms with Crippen molar-refractivity contribution in [2.45, 2.75) is 25.3 Å². The fourth-order valence-electron chi connectivity index (χ4n) is 3.24. The molecule has 0 aromatic carbocycles. The van der Waals surface area contributed by atoms with E-state index in [0.29, 0.717) is 24.8 Å². The number of carbonyl (C=O) groups excluding carboxylic acids is 1. The average molecular weight is 342 g/mol. The van der Waals surface area contributed by atoms with Gasteiger partial charge >= 0.3 is 0 Å². The zero-order chi connectivity index (χ0) is 17.1. The monoisotopic (exact) mass is 342 g/mol. The van der Waals surface area contributed by atoms with E-state index in [2.05, 4.69) is 25.3 Å². The van der Waals surface area contributed by atoms with Crippen molar-refractivity contribution in [3.8, 4) is 5.95 Å². The Kier molecular flexibility index (Phi) is 4.71. The summed E-state index contributed by atoms with van der Waals surface area (Å²) in [5, 5.41) is 7.15. The van der Waals surface area contributed by atoms with Gasteiger partial charge in [-0.25, -0.2) is 14.6 Å². The molecule has 2 fully saturated rings. The minimum Gasteiger partial charge on any atom is -0.378 e. The highest BCUT2D eigenvalue weighted by atomic mass is 16.5. The third kappa shape index (κ3) is 3.69. The maximum atomic E-state index is 12.7. The second-order valence-corrected chi connectivity index (χ2v) is 6.59. The first-order valence-corrected chi connectivity index (χ1v) is 8.74. The second kappa shape index (κ2) is 7.28. The van der Waals surface area contributed by atoms with Crippen LogP contribution in [0.25, 0.3) is 5.95 Å². The largest absolute Gasteiger partial charge is 0.378 e. The smallest absolute Gasteiger partial charge is 0.250 e. The maximum absolute atomic E-state index is 12.7. The lowest BCUT2D eigenvalue weighted by molar-refractivity contribution is -0.128. The Balaban J connectivity index is 1.41. The molecule has 1 amide bonds. The minimum absolute atomic E-state index is 0.0486. The topological polar surface area (TPSA) is 85.2 Å². The molecule has 1 unspecified atom stereocenters. The van der Waals surface area contributed by atoms with Crippen LogP contribution in [0.4, 0.5) is 5.69 Å². The highest BCUT2D eigenvalue weighted by Gasteiger charge is 2.32. The molecule has 1 atom stereocenters. The summed E-state index contributed by atoms with van der Waals surface area (Å²) in [6.07, 6.45) is 10.5. The lowest BCUT2D eigenvalue weighted by Gasteiger charge is -2.39. The zero-order valence-electron chi connectivity index (χ0n) is 14.0. The molecule has 132 valence electrons. The lowest BCUT2D eigenvalue weighted by Crippen LogP contribution is -2.53. The number of ether oxygens (including phenoxy) is 1. The van der Waals surface area contributed by atoms with Gasteiger partial charge in [-0.1, -0.05) is 6.42 Å². The summed E-state index contributed by atoms with van der Waals surface area (Å²) in [6, 6.07) is 1.50. The predicted molar refractivity (Wildman–Crippen MR) is 91.3 cm³/mol. The van der Waals surface area contributed by atoms with Crippen molar-refractivity contribution in [3.05, 3.63) is 30.9 Å². The quantitative estimate of drug-likeness (QED) is 0.876. The molecular weight excluding hydrogens is 320 g/mol. The Hall–Kier alpha value is -2.32. The van der Waals surface area contributed by atoms with Crippen molar-refractivity contribution in [1.29, 1.82) is 0 Å². The van der Waals surface area contributed by atoms with Gasteiger partial charge in [-0.15, -0.1) is 0 Å². The predicted octanol–water partition coefficient (Wildman–Crippen LogP) is 1.10. The van der Waals surface area contributed by atoms with Crippen LogP contribution in [0.3, 0.4) is 0 Å². The van der Waals surface area contributed by atoms with Gasteiger partial charge in [-0.05, 0) is 24.8 Å². The van der Waals surface area contributed by atoms with Crippen LogP contribution in [0.15, 0.2) is 30.9 Å². The molecule has 1 saturated heterocycles. The van der Waals surface area contributed by atoms with Gasteiger partial charge in [-0.2, -0.15) is 5.10 Å². The average Bonchev–Trinajstić information content (AvgIpc) is 3.08. The molecule has 25 heavy (non-hydrogen) atoms. The first-order chi connectivity index (χ1) is 12.3. The molecule has 1 saturated carbocycles. The van der Waals surface area contributed by atoms with Crippen molar-refractivity contribution in [3.63, 3.8) is 0 Å². The molecule has 2 aromatic rings. The van der Waals surface area contributed by atoms with E-state index in [0.717, 1.165) is 19.0 Å². The van der Waals surface area contributed by atoms with E-state index in [1.165, 1.54) is 19.3 Å². The molecule has 0 radical (unpaired) electrons. The second-order valence-electron chi connectivity index (χ2n) is 6.59. The molecule has 3 heterocycles. The van der Waals surface area contributed by atoms with Gasteiger partial charge in [0, 0.05) is 25.5 Å². The number of nitrogens with one attached hydrogen (secondary N) is 1. The van der Waals surface area contributed by atoms with Crippen LogP contribution in [0.1, 0.15) is 19.3 Å². The van der Waals surface area contributed by atoms with Crippen molar-refractivity contribution < 1.29 is 9.53 Å². The number of nitrogens with zero attached hydrogens (tertiary/aromatic N) is 5. The van der Waals surface area contributed by atoms with Crippen LogP contribution in [0.2, 0.25) is 0 Å². The van der Waals surface area contributed by atoms with E-state index in [4.69, 9.17) is 4.74 Å². The van der Waals surface area contributed by atoms with Gasteiger partial charge in [0.1, 0.15) is 6.04 Å². The third-order valence-corrected chi connectivity index (χ3v) is 4.87. The van der Waals surface area contributed by atoms with Crippen LogP contribution in [-0.2, 0) is 9.53 Å². The van der Waals surface area contributed by atoms with Crippen LogP contribution in [0.5, 0.6) is 0 Å². The molecule has 2 aromatic heterocycles. The van der Waals surface area contributed by atoms with E-state index >= 15 is 0 Å². The Morgan fingerprint density at radius 1 is 1.32 bits per heavy atom. The normalized spacial score (nSPS) is 21.7. The van der Waals surface area contributed by atoms with Crippen LogP contribution in [0, 0.1) is 5.92 Å². The number of hydrogen-bond donors (Lipinski definition) is 1.